The Morgan fingerprint density at radius 2 is 2.33 bits per heavy atom. The van der Waals surface area contributed by atoms with E-state index in [2.05, 4.69) is 10.1 Å². The van der Waals surface area contributed by atoms with Gasteiger partial charge >= 0.3 is 0 Å². The van der Waals surface area contributed by atoms with Gasteiger partial charge in [-0.3, -0.25) is 0 Å². The summed E-state index contributed by atoms with van der Waals surface area (Å²) in [6.45, 7) is 3.03. The maximum Gasteiger partial charge on any atom is 0.170 e. The van der Waals surface area contributed by atoms with E-state index in [0.29, 0.717) is 23.8 Å². The van der Waals surface area contributed by atoms with Crippen LogP contribution in [0.25, 0.3) is 0 Å². The van der Waals surface area contributed by atoms with Crippen molar-refractivity contribution in [2.24, 2.45) is 10.9 Å². The van der Waals surface area contributed by atoms with E-state index in [9.17, 15) is 0 Å². The lowest BCUT2D eigenvalue weighted by Gasteiger charge is -2.07. The first-order valence-corrected chi connectivity index (χ1v) is 7.60. The van der Waals surface area contributed by atoms with Crippen LogP contribution < -0.4 is 5.73 Å². The van der Waals surface area contributed by atoms with Gasteiger partial charge in [0, 0.05) is 21.9 Å². The smallest absolute Gasteiger partial charge is 0.170 e. The highest BCUT2D eigenvalue weighted by atomic mass is 35.5. The summed E-state index contributed by atoms with van der Waals surface area (Å²) in [7, 11) is 0. The number of hydrogen-bond acceptors (Lipinski definition) is 5. The van der Waals surface area contributed by atoms with Crippen LogP contribution >= 0.6 is 22.9 Å². The molecule has 112 valence electrons. The number of benzene rings is 1. The summed E-state index contributed by atoms with van der Waals surface area (Å²) < 4.78 is 5.64. The van der Waals surface area contributed by atoms with Crippen LogP contribution in [-0.2, 0) is 17.8 Å². The van der Waals surface area contributed by atoms with Gasteiger partial charge in [-0.05, 0) is 18.6 Å². The van der Waals surface area contributed by atoms with Crippen molar-refractivity contribution in [1.82, 2.24) is 4.98 Å². The number of aryl methyl sites for hydroxylation is 1. The highest BCUT2D eigenvalue weighted by molar-refractivity contribution is 7.09. The fraction of sp³-hybridized carbons (Fsp3) is 0.286. The van der Waals surface area contributed by atoms with Crippen LogP contribution in [0, 0.1) is 6.92 Å². The van der Waals surface area contributed by atoms with Crippen LogP contribution in [-0.4, -0.2) is 22.6 Å². The largest absolute Gasteiger partial charge is 0.409 e. The van der Waals surface area contributed by atoms with Crippen LogP contribution in [0.1, 0.15) is 21.7 Å². The van der Waals surface area contributed by atoms with Gasteiger partial charge in [-0.25, -0.2) is 4.98 Å². The first-order valence-electron chi connectivity index (χ1n) is 6.35. The van der Waals surface area contributed by atoms with Crippen molar-refractivity contribution in [3.63, 3.8) is 0 Å². The predicted molar refractivity (Wildman–Crippen MR) is 84.2 cm³/mol. The SMILES string of the molecule is Cc1ncsc1CCOCc1ccc(/C(N)=N/O)cc1Cl. The molecule has 0 aliphatic heterocycles. The number of halogens is 1. The van der Waals surface area contributed by atoms with Crippen LogP contribution in [0.2, 0.25) is 5.02 Å². The Hall–Kier alpha value is -1.63. The van der Waals surface area contributed by atoms with Gasteiger partial charge in [0.05, 0.1) is 24.4 Å². The molecule has 0 saturated carbocycles. The molecule has 0 bridgehead atoms. The Labute approximate surface area is 132 Å². The quantitative estimate of drug-likeness (QED) is 0.281. The van der Waals surface area contributed by atoms with E-state index in [1.54, 1.807) is 23.5 Å². The highest BCUT2D eigenvalue weighted by Crippen LogP contribution is 2.19. The summed E-state index contributed by atoms with van der Waals surface area (Å²) in [5, 5.41) is 12.1. The van der Waals surface area contributed by atoms with E-state index in [-0.39, 0.29) is 5.84 Å². The average Bonchev–Trinajstić information content (AvgIpc) is 2.89. The second-order valence-corrected chi connectivity index (χ2v) is 5.80. The second kappa shape index (κ2) is 7.40. The normalized spacial score (nSPS) is 11.8. The van der Waals surface area contributed by atoms with Crippen LogP contribution in [0.15, 0.2) is 28.9 Å². The third-order valence-corrected chi connectivity index (χ3v) is 4.38. The van der Waals surface area contributed by atoms with Crippen molar-refractivity contribution in [3.05, 3.63) is 50.4 Å². The van der Waals surface area contributed by atoms with Crippen LogP contribution in [0.3, 0.4) is 0 Å². The molecule has 2 rings (SSSR count). The number of hydrogen-bond donors (Lipinski definition) is 2. The number of amidine groups is 1. The standard InChI is InChI=1S/C14H16ClN3O2S/c1-9-13(21-8-17-9)4-5-20-7-11-3-2-10(6-12(11)15)14(16)18-19/h2-3,6,8,19H,4-5,7H2,1H3,(H2,16,18). The Morgan fingerprint density at radius 1 is 1.52 bits per heavy atom. The van der Waals surface area contributed by atoms with Gasteiger partial charge in [-0.2, -0.15) is 0 Å². The summed E-state index contributed by atoms with van der Waals surface area (Å²) in [4.78, 5) is 5.44. The highest BCUT2D eigenvalue weighted by Gasteiger charge is 2.06. The number of nitrogens with two attached hydrogens (primary N) is 1. The third-order valence-electron chi connectivity index (χ3n) is 3.03. The summed E-state index contributed by atoms with van der Waals surface area (Å²) in [5.41, 5.74) is 9.85. The van der Waals surface area contributed by atoms with Crippen LogP contribution in [0.5, 0.6) is 0 Å². The molecule has 21 heavy (non-hydrogen) atoms. The van der Waals surface area contributed by atoms with Crippen molar-refractivity contribution in [2.75, 3.05) is 6.61 Å². The van der Waals surface area contributed by atoms with Gasteiger partial charge in [0.25, 0.3) is 0 Å². The molecule has 0 atom stereocenters. The molecule has 0 radical (unpaired) electrons. The topological polar surface area (TPSA) is 80.7 Å². The lowest BCUT2D eigenvalue weighted by molar-refractivity contribution is 0.124. The molecule has 1 aromatic carbocycles. The van der Waals surface area contributed by atoms with Crippen molar-refractivity contribution in [2.45, 2.75) is 20.0 Å². The zero-order valence-corrected chi connectivity index (χ0v) is 13.1. The Bertz CT molecular complexity index is 643. The zero-order valence-electron chi connectivity index (χ0n) is 11.5. The maximum absolute atomic E-state index is 8.63. The average molecular weight is 326 g/mol. The molecule has 0 aliphatic rings. The van der Waals surface area contributed by atoms with E-state index in [0.717, 1.165) is 17.7 Å². The number of ether oxygens (including phenoxy) is 1. The van der Waals surface area contributed by atoms with Crippen LogP contribution in [0.4, 0.5) is 0 Å². The molecule has 0 spiro atoms. The fourth-order valence-corrected chi connectivity index (χ4v) is 2.79. The molecule has 0 unspecified atom stereocenters. The van der Waals surface area contributed by atoms with Gasteiger partial charge in [0.2, 0.25) is 0 Å². The number of thiazole rings is 1. The minimum Gasteiger partial charge on any atom is -0.409 e. The Kier molecular flexibility index (Phi) is 5.55. The molecule has 1 aromatic heterocycles. The summed E-state index contributed by atoms with van der Waals surface area (Å²) in [5.74, 6) is 0.0324. The van der Waals surface area contributed by atoms with Crippen molar-refractivity contribution < 1.29 is 9.94 Å². The summed E-state index contributed by atoms with van der Waals surface area (Å²) >= 11 is 7.79. The van der Waals surface area contributed by atoms with Gasteiger partial charge in [0.1, 0.15) is 0 Å². The Balaban J connectivity index is 1.87. The lowest BCUT2D eigenvalue weighted by atomic mass is 10.1. The van der Waals surface area contributed by atoms with Crippen molar-refractivity contribution in [1.29, 1.82) is 0 Å². The Morgan fingerprint density at radius 3 is 2.95 bits per heavy atom. The molecule has 1 heterocycles. The maximum atomic E-state index is 8.63. The minimum atomic E-state index is 0.0324. The predicted octanol–water partition coefficient (Wildman–Crippen LogP) is 2.96. The van der Waals surface area contributed by atoms with Crippen molar-refractivity contribution >= 4 is 28.8 Å². The van der Waals surface area contributed by atoms with E-state index in [1.165, 1.54) is 4.88 Å². The minimum absolute atomic E-state index is 0.0324. The van der Waals surface area contributed by atoms with E-state index in [4.69, 9.17) is 27.3 Å². The number of oxime groups is 1. The number of rotatable bonds is 6. The third kappa shape index (κ3) is 4.17. The first-order chi connectivity index (χ1) is 10.1. The summed E-state index contributed by atoms with van der Waals surface area (Å²) in [6, 6.07) is 5.21. The lowest BCUT2D eigenvalue weighted by Crippen LogP contribution is -2.13. The second-order valence-electron chi connectivity index (χ2n) is 4.45. The molecular formula is C14H16ClN3O2S. The van der Waals surface area contributed by atoms with Crippen molar-refractivity contribution in [3.8, 4) is 0 Å². The number of aromatic nitrogens is 1. The molecule has 3 N–H and O–H groups in total. The molecule has 0 amide bonds. The first kappa shape index (κ1) is 15.8. The van der Waals surface area contributed by atoms with Gasteiger partial charge in [-0.15, -0.1) is 11.3 Å². The summed E-state index contributed by atoms with van der Waals surface area (Å²) in [6.07, 6.45) is 0.844. The van der Waals surface area contributed by atoms with E-state index >= 15 is 0 Å². The van der Waals surface area contributed by atoms with Gasteiger partial charge in [0.15, 0.2) is 5.84 Å². The van der Waals surface area contributed by atoms with E-state index < -0.39 is 0 Å². The fourth-order valence-electron chi connectivity index (χ4n) is 1.79. The molecule has 0 fully saturated rings. The molecular weight excluding hydrogens is 310 g/mol. The zero-order chi connectivity index (χ0) is 15.2. The van der Waals surface area contributed by atoms with Gasteiger partial charge in [-0.1, -0.05) is 28.9 Å². The molecule has 7 heteroatoms. The monoisotopic (exact) mass is 325 g/mol. The van der Waals surface area contributed by atoms with Gasteiger partial charge < -0.3 is 15.7 Å². The molecule has 2 aromatic rings. The molecule has 0 saturated heterocycles. The number of nitrogens with zero attached hydrogens (tertiary/aromatic N) is 2. The van der Waals surface area contributed by atoms with E-state index in [1.807, 2.05) is 18.5 Å². The molecule has 0 aliphatic carbocycles. The molecule has 5 nitrogen and oxygen atoms in total.